The van der Waals surface area contributed by atoms with Crippen LogP contribution in [0.15, 0.2) is 36.7 Å². The van der Waals surface area contributed by atoms with Gasteiger partial charge in [-0.3, -0.25) is 4.98 Å². The van der Waals surface area contributed by atoms with Crippen LogP contribution in [-0.2, 0) is 0 Å². The van der Waals surface area contributed by atoms with Crippen LogP contribution in [0.25, 0.3) is 0 Å². The summed E-state index contributed by atoms with van der Waals surface area (Å²) in [5, 5.41) is 3.64. The van der Waals surface area contributed by atoms with Gasteiger partial charge in [-0.2, -0.15) is 4.98 Å². The highest BCUT2D eigenvalue weighted by molar-refractivity contribution is 6.30. The third-order valence-electron chi connectivity index (χ3n) is 1.98. The molecule has 0 saturated heterocycles. The van der Waals surface area contributed by atoms with Crippen molar-refractivity contribution in [2.75, 3.05) is 11.9 Å². The van der Waals surface area contributed by atoms with Gasteiger partial charge in [0.05, 0.1) is 11.2 Å². The summed E-state index contributed by atoms with van der Waals surface area (Å²) in [7, 11) is 0. The lowest BCUT2D eigenvalue weighted by Crippen LogP contribution is -1.99. The average Bonchev–Trinajstić information content (AvgIpc) is 2.30. The topological polar surface area (TPSA) is 47.0 Å². The molecule has 2 aromatic heterocycles. The second-order valence-electron chi connectivity index (χ2n) is 3.33. The van der Waals surface area contributed by atoms with E-state index in [-0.39, 0.29) is 0 Å². The van der Waals surface area contributed by atoms with Crippen molar-refractivity contribution < 1.29 is 4.74 Å². The number of rotatable bonds is 4. The molecule has 0 aromatic carbocycles. The molecule has 2 aromatic rings. The van der Waals surface area contributed by atoms with E-state index in [1.807, 2.05) is 19.1 Å². The van der Waals surface area contributed by atoms with Gasteiger partial charge in [0, 0.05) is 24.9 Å². The monoisotopic (exact) mass is 249 g/mol. The molecule has 0 aliphatic carbocycles. The Balaban J connectivity index is 2.15. The molecule has 0 aliphatic rings. The molecule has 0 bridgehead atoms. The molecule has 0 radical (unpaired) electrons. The average molecular weight is 250 g/mol. The lowest BCUT2D eigenvalue weighted by molar-refractivity contribution is 0.461. The van der Waals surface area contributed by atoms with Crippen molar-refractivity contribution in [1.29, 1.82) is 0 Å². The summed E-state index contributed by atoms with van der Waals surface area (Å²) in [5.74, 6) is 1.85. The van der Waals surface area contributed by atoms with Crippen LogP contribution in [0, 0.1) is 0 Å². The van der Waals surface area contributed by atoms with Gasteiger partial charge in [0.25, 0.3) is 0 Å². The molecule has 0 spiro atoms. The first kappa shape index (κ1) is 11.7. The molecule has 0 atom stereocenters. The predicted octanol–water partition coefficient (Wildman–Crippen LogP) is 3.35. The number of hydrogen-bond donors (Lipinski definition) is 1. The van der Waals surface area contributed by atoms with E-state index in [2.05, 4.69) is 15.3 Å². The third kappa shape index (κ3) is 3.32. The van der Waals surface area contributed by atoms with E-state index in [9.17, 15) is 0 Å². The van der Waals surface area contributed by atoms with Crippen LogP contribution in [0.1, 0.15) is 6.92 Å². The highest BCUT2D eigenvalue weighted by Gasteiger charge is 2.01. The SMILES string of the molecule is CCNc1cccc(Oc2cncc(Cl)c2)n1. The Hall–Kier alpha value is -1.81. The van der Waals surface area contributed by atoms with Gasteiger partial charge in [0.1, 0.15) is 11.6 Å². The van der Waals surface area contributed by atoms with E-state index < -0.39 is 0 Å². The van der Waals surface area contributed by atoms with Crippen molar-refractivity contribution in [2.24, 2.45) is 0 Å². The molecule has 88 valence electrons. The Morgan fingerprint density at radius 2 is 2.24 bits per heavy atom. The number of ether oxygens (including phenoxy) is 1. The normalized spacial score (nSPS) is 10.0. The van der Waals surface area contributed by atoms with Gasteiger partial charge >= 0.3 is 0 Å². The fourth-order valence-corrected chi connectivity index (χ4v) is 1.48. The van der Waals surface area contributed by atoms with Crippen molar-refractivity contribution >= 4 is 17.4 Å². The number of nitrogens with one attached hydrogen (secondary N) is 1. The standard InChI is InChI=1S/C12H12ClN3O/c1-2-15-11-4-3-5-12(16-11)17-10-6-9(13)7-14-8-10/h3-8H,2H2,1H3,(H,15,16). The van der Waals surface area contributed by atoms with E-state index in [1.165, 1.54) is 0 Å². The van der Waals surface area contributed by atoms with Crippen LogP contribution < -0.4 is 10.1 Å². The molecule has 2 heterocycles. The van der Waals surface area contributed by atoms with E-state index >= 15 is 0 Å². The van der Waals surface area contributed by atoms with Gasteiger partial charge in [0.15, 0.2) is 0 Å². The van der Waals surface area contributed by atoms with Crippen molar-refractivity contribution in [3.8, 4) is 11.6 Å². The minimum atomic E-state index is 0.507. The lowest BCUT2D eigenvalue weighted by Gasteiger charge is -2.06. The Morgan fingerprint density at radius 1 is 1.35 bits per heavy atom. The molecular formula is C12H12ClN3O. The summed E-state index contributed by atoms with van der Waals surface area (Å²) >= 11 is 5.82. The third-order valence-corrected chi connectivity index (χ3v) is 2.19. The molecule has 2 rings (SSSR count). The summed E-state index contributed by atoms with van der Waals surface area (Å²) in [6, 6.07) is 7.22. The molecule has 0 amide bonds. The van der Waals surface area contributed by atoms with E-state index in [1.54, 1.807) is 24.5 Å². The molecule has 17 heavy (non-hydrogen) atoms. The van der Waals surface area contributed by atoms with Gasteiger partial charge < -0.3 is 10.1 Å². The van der Waals surface area contributed by atoms with Crippen molar-refractivity contribution in [2.45, 2.75) is 6.92 Å². The Morgan fingerprint density at radius 3 is 3.00 bits per heavy atom. The van der Waals surface area contributed by atoms with E-state index in [0.29, 0.717) is 16.7 Å². The molecule has 0 saturated carbocycles. The summed E-state index contributed by atoms with van der Waals surface area (Å²) in [4.78, 5) is 8.22. The number of pyridine rings is 2. The minimum Gasteiger partial charge on any atom is -0.437 e. The van der Waals surface area contributed by atoms with E-state index in [4.69, 9.17) is 16.3 Å². The summed E-state index contributed by atoms with van der Waals surface area (Å²) in [5.41, 5.74) is 0. The van der Waals surface area contributed by atoms with Crippen LogP contribution >= 0.6 is 11.6 Å². The highest BCUT2D eigenvalue weighted by Crippen LogP contribution is 2.22. The molecule has 0 fully saturated rings. The zero-order valence-corrected chi connectivity index (χ0v) is 10.1. The molecule has 5 heteroatoms. The predicted molar refractivity (Wildman–Crippen MR) is 67.7 cm³/mol. The van der Waals surface area contributed by atoms with Gasteiger partial charge in [0.2, 0.25) is 5.88 Å². The maximum atomic E-state index is 5.82. The Kier molecular flexibility index (Phi) is 3.77. The van der Waals surface area contributed by atoms with Crippen molar-refractivity contribution in [3.63, 3.8) is 0 Å². The van der Waals surface area contributed by atoms with Gasteiger partial charge in [-0.1, -0.05) is 17.7 Å². The van der Waals surface area contributed by atoms with Crippen molar-refractivity contribution in [3.05, 3.63) is 41.7 Å². The quantitative estimate of drug-likeness (QED) is 0.903. The largest absolute Gasteiger partial charge is 0.437 e. The summed E-state index contributed by atoms with van der Waals surface area (Å²) in [6.45, 7) is 2.82. The smallest absolute Gasteiger partial charge is 0.221 e. The zero-order chi connectivity index (χ0) is 12.1. The summed E-state index contributed by atoms with van der Waals surface area (Å²) < 4.78 is 5.55. The number of halogens is 1. The molecule has 0 aliphatic heterocycles. The fraction of sp³-hybridized carbons (Fsp3) is 0.167. The number of aromatic nitrogens is 2. The molecule has 0 unspecified atom stereocenters. The van der Waals surface area contributed by atoms with E-state index in [0.717, 1.165) is 12.4 Å². The molecule has 4 nitrogen and oxygen atoms in total. The lowest BCUT2D eigenvalue weighted by atomic mass is 10.4. The highest BCUT2D eigenvalue weighted by atomic mass is 35.5. The van der Waals surface area contributed by atoms with Gasteiger partial charge in [-0.25, -0.2) is 0 Å². The Bertz CT molecular complexity index is 505. The van der Waals surface area contributed by atoms with Crippen LogP contribution in [-0.4, -0.2) is 16.5 Å². The van der Waals surface area contributed by atoms with Crippen LogP contribution in [0.3, 0.4) is 0 Å². The van der Waals surface area contributed by atoms with Crippen molar-refractivity contribution in [1.82, 2.24) is 9.97 Å². The second-order valence-corrected chi connectivity index (χ2v) is 3.77. The maximum absolute atomic E-state index is 5.82. The maximum Gasteiger partial charge on any atom is 0.221 e. The van der Waals surface area contributed by atoms with Crippen LogP contribution in [0.5, 0.6) is 11.6 Å². The minimum absolute atomic E-state index is 0.507. The first-order valence-electron chi connectivity index (χ1n) is 5.27. The molecular weight excluding hydrogens is 238 g/mol. The fourth-order valence-electron chi connectivity index (χ4n) is 1.32. The van der Waals surface area contributed by atoms with Gasteiger partial charge in [-0.05, 0) is 13.0 Å². The first-order valence-corrected chi connectivity index (χ1v) is 5.65. The number of hydrogen-bond acceptors (Lipinski definition) is 4. The zero-order valence-electron chi connectivity index (χ0n) is 9.35. The Labute approximate surface area is 105 Å². The van der Waals surface area contributed by atoms with Gasteiger partial charge in [-0.15, -0.1) is 0 Å². The summed E-state index contributed by atoms with van der Waals surface area (Å²) in [6.07, 6.45) is 3.14. The number of nitrogens with zero attached hydrogens (tertiary/aromatic N) is 2. The van der Waals surface area contributed by atoms with Crippen LogP contribution in [0.4, 0.5) is 5.82 Å². The second kappa shape index (κ2) is 5.50. The van der Waals surface area contributed by atoms with Crippen LogP contribution in [0.2, 0.25) is 5.02 Å². The molecule has 1 N–H and O–H groups in total. The number of anilines is 1. The first-order chi connectivity index (χ1) is 8.28.